The Morgan fingerprint density at radius 3 is 2.11 bits per heavy atom. The Hall–Kier alpha value is -3.10. The average molecular weight is 377 g/mol. The lowest BCUT2D eigenvalue weighted by Gasteiger charge is -2.37. The molecule has 1 heterocycles. The Balaban J connectivity index is 2.73. The predicted molar refractivity (Wildman–Crippen MR) is 95.9 cm³/mol. The first-order valence-corrected chi connectivity index (χ1v) is 8.63. The molecule has 1 aliphatic heterocycles. The second-order valence-electron chi connectivity index (χ2n) is 6.01. The normalized spacial score (nSPS) is 19.1. The summed E-state index contributed by atoms with van der Waals surface area (Å²) in [6.45, 7) is 6.42. The molecule has 9 nitrogen and oxygen atoms in total. The first-order valence-electron chi connectivity index (χ1n) is 8.63. The van der Waals surface area contributed by atoms with Crippen LogP contribution in [-0.2, 0) is 14.3 Å². The highest BCUT2D eigenvalue weighted by Gasteiger charge is 2.60. The minimum atomic E-state index is -2.05. The van der Waals surface area contributed by atoms with Crippen molar-refractivity contribution in [2.75, 3.05) is 13.2 Å². The van der Waals surface area contributed by atoms with Crippen LogP contribution in [0.4, 0.5) is 9.59 Å². The van der Waals surface area contributed by atoms with Gasteiger partial charge in [-0.25, -0.2) is 19.4 Å². The SMILES string of the molecule is CCOC(=O)N1C(c2ccccc2)=N[C@](C(=O)O)(C(C)C)N1C(=O)OCC. The molecule has 0 saturated heterocycles. The van der Waals surface area contributed by atoms with Crippen LogP contribution < -0.4 is 0 Å². The van der Waals surface area contributed by atoms with E-state index in [9.17, 15) is 19.5 Å². The van der Waals surface area contributed by atoms with Crippen LogP contribution in [0.3, 0.4) is 0 Å². The van der Waals surface area contributed by atoms with Gasteiger partial charge in [-0.15, -0.1) is 0 Å². The van der Waals surface area contributed by atoms with E-state index in [1.165, 1.54) is 0 Å². The fourth-order valence-corrected chi connectivity index (χ4v) is 2.79. The smallest absolute Gasteiger partial charge is 0.435 e. The first kappa shape index (κ1) is 20.2. The van der Waals surface area contributed by atoms with Crippen molar-refractivity contribution in [3.63, 3.8) is 0 Å². The van der Waals surface area contributed by atoms with Crippen LogP contribution >= 0.6 is 0 Å². The third-order valence-electron chi connectivity index (χ3n) is 4.03. The number of amides is 2. The lowest BCUT2D eigenvalue weighted by Crippen LogP contribution is -2.62. The van der Waals surface area contributed by atoms with E-state index in [1.54, 1.807) is 58.0 Å². The predicted octanol–water partition coefficient (Wildman–Crippen LogP) is 2.72. The van der Waals surface area contributed by atoms with E-state index in [-0.39, 0.29) is 19.0 Å². The number of hydrogen-bond donors (Lipinski definition) is 1. The highest BCUT2D eigenvalue weighted by Crippen LogP contribution is 2.37. The quantitative estimate of drug-likeness (QED) is 0.845. The van der Waals surface area contributed by atoms with Gasteiger partial charge in [0.1, 0.15) is 0 Å². The van der Waals surface area contributed by atoms with Crippen molar-refractivity contribution < 1.29 is 29.0 Å². The zero-order chi connectivity index (χ0) is 20.2. The average Bonchev–Trinajstić information content (AvgIpc) is 3.00. The van der Waals surface area contributed by atoms with Gasteiger partial charge in [-0.05, 0) is 13.8 Å². The van der Waals surface area contributed by atoms with E-state index < -0.39 is 29.7 Å². The molecule has 9 heteroatoms. The number of carbonyl (C=O) groups is 3. The van der Waals surface area contributed by atoms with Crippen molar-refractivity contribution in [3.05, 3.63) is 35.9 Å². The summed E-state index contributed by atoms with van der Waals surface area (Å²) in [7, 11) is 0. The van der Waals surface area contributed by atoms with Gasteiger partial charge in [0.15, 0.2) is 5.84 Å². The standard InChI is InChI=1S/C18H23N3O6/c1-5-26-16(24)20-14(13-10-8-7-9-11-13)19-18(12(3)4,15(22)23)21(20)17(25)27-6-2/h7-12H,5-6H2,1-4H3,(H,22,23)/t18-/m1/s1. The van der Waals surface area contributed by atoms with Gasteiger partial charge in [0.05, 0.1) is 13.2 Å². The number of carboxylic acids is 1. The Morgan fingerprint density at radius 2 is 1.63 bits per heavy atom. The Morgan fingerprint density at radius 1 is 1.07 bits per heavy atom. The molecule has 0 aromatic heterocycles. The highest BCUT2D eigenvalue weighted by atomic mass is 16.6. The van der Waals surface area contributed by atoms with Crippen LogP contribution in [0.25, 0.3) is 0 Å². The van der Waals surface area contributed by atoms with Crippen molar-refractivity contribution in [1.29, 1.82) is 0 Å². The van der Waals surface area contributed by atoms with Crippen molar-refractivity contribution in [3.8, 4) is 0 Å². The fourth-order valence-electron chi connectivity index (χ4n) is 2.79. The molecular weight excluding hydrogens is 354 g/mol. The van der Waals surface area contributed by atoms with Gasteiger partial charge in [0.2, 0.25) is 0 Å². The molecule has 0 radical (unpaired) electrons. The van der Waals surface area contributed by atoms with E-state index in [0.29, 0.717) is 5.56 Å². The summed E-state index contributed by atoms with van der Waals surface area (Å²) < 4.78 is 10.1. The van der Waals surface area contributed by atoms with Crippen LogP contribution in [0.15, 0.2) is 35.3 Å². The number of benzene rings is 1. The van der Waals surface area contributed by atoms with Gasteiger partial charge in [-0.1, -0.05) is 44.2 Å². The van der Waals surface area contributed by atoms with E-state index in [2.05, 4.69) is 4.99 Å². The minimum absolute atomic E-state index is 0.000460. The molecule has 0 saturated carbocycles. The minimum Gasteiger partial charge on any atom is -0.478 e. The lowest BCUT2D eigenvalue weighted by molar-refractivity contribution is -0.158. The van der Waals surface area contributed by atoms with Gasteiger partial charge < -0.3 is 14.6 Å². The molecule has 2 rings (SSSR count). The number of hydrazine groups is 1. The molecule has 1 aromatic carbocycles. The van der Waals surface area contributed by atoms with Gasteiger partial charge in [-0.3, -0.25) is 0 Å². The summed E-state index contributed by atoms with van der Waals surface area (Å²) in [6, 6.07) is 8.51. The molecule has 2 amide bonds. The number of carboxylic acid groups (broad SMARTS) is 1. The maximum absolute atomic E-state index is 12.7. The summed E-state index contributed by atoms with van der Waals surface area (Å²) >= 11 is 0. The monoisotopic (exact) mass is 377 g/mol. The van der Waals surface area contributed by atoms with Crippen molar-refractivity contribution >= 4 is 24.0 Å². The molecule has 0 fully saturated rings. The van der Waals surface area contributed by atoms with Crippen molar-refractivity contribution in [1.82, 2.24) is 10.0 Å². The number of carbonyl (C=O) groups excluding carboxylic acids is 2. The molecule has 0 aliphatic carbocycles. The number of rotatable bonds is 5. The molecule has 146 valence electrons. The number of amidine groups is 1. The van der Waals surface area contributed by atoms with E-state index in [4.69, 9.17) is 9.47 Å². The fraction of sp³-hybridized carbons (Fsp3) is 0.444. The lowest BCUT2D eigenvalue weighted by atomic mass is 9.96. The Bertz CT molecular complexity index is 749. The Labute approximate surface area is 157 Å². The third kappa shape index (κ3) is 3.44. The zero-order valence-corrected chi connectivity index (χ0v) is 15.7. The summed E-state index contributed by atoms with van der Waals surface area (Å²) in [5, 5.41) is 11.5. The molecule has 1 atom stereocenters. The molecule has 0 unspecified atom stereocenters. The molecule has 1 aromatic rings. The number of aliphatic imine (C=N–C) groups is 1. The maximum atomic E-state index is 12.7. The van der Waals surface area contributed by atoms with Crippen LogP contribution in [0.2, 0.25) is 0 Å². The second-order valence-corrected chi connectivity index (χ2v) is 6.01. The van der Waals surface area contributed by atoms with Gasteiger partial charge in [-0.2, -0.15) is 10.0 Å². The maximum Gasteiger partial charge on any atom is 0.435 e. The number of hydrogen-bond acceptors (Lipinski definition) is 6. The number of ether oxygens (including phenoxy) is 2. The van der Waals surface area contributed by atoms with E-state index in [0.717, 1.165) is 10.0 Å². The highest BCUT2D eigenvalue weighted by molar-refractivity contribution is 6.10. The first-order chi connectivity index (χ1) is 12.8. The molecule has 27 heavy (non-hydrogen) atoms. The van der Waals surface area contributed by atoms with Crippen molar-refractivity contribution in [2.45, 2.75) is 33.4 Å². The van der Waals surface area contributed by atoms with Gasteiger partial charge in [0, 0.05) is 11.5 Å². The summed E-state index contributed by atoms with van der Waals surface area (Å²) in [6.07, 6.45) is -1.92. The summed E-state index contributed by atoms with van der Waals surface area (Å²) in [5.41, 5.74) is -1.59. The van der Waals surface area contributed by atoms with Crippen LogP contribution in [-0.4, -0.2) is 58.0 Å². The van der Waals surface area contributed by atoms with Crippen LogP contribution in [0.1, 0.15) is 33.3 Å². The molecular formula is C18H23N3O6. The Kier molecular flexibility index (Phi) is 6.04. The van der Waals surface area contributed by atoms with Crippen molar-refractivity contribution in [2.24, 2.45) is 10.9 Å². The number of nitrogens with zero attached hydrogens (tertiary/aromatic N) is 3. The molecule has 0 bridgehead atoms. The van der Waals surface area contributed by atoms with Gasteiger partial charge >= 0.3 is 18.2 Å². The molecule has 1 N–H and O–H groups in total. The third-order valence-corrected chi connectivity index (χ3v) is 4.03. The second kappa shape index (κ2) is 8.07. The number of aliphatic carboxylic acids is 1. The van der Waals surface area contributed by atoms with Crippen LogP contribution in [0, 0.1) is 5.92 Å². The van der Waals surface area contributed by atoms with E-state index in [1.807, 2.05) is 0 Å². The zero-order valence-electron chi connectivity index (χ0n) is 15.7. The van der Waals surface area contributed by atoms with Crippen LogP contribution in [0.5, 0.6) is 0 Å². The summed E-state index contributed by atoms with van der Waals surface area (Å²) in [4.78, 5) is 41.9. The largest absolute Gasteiger partial charge is 0.478 e. The summed E-state index contributed by atoms with van der Waals surface area (Å²) in [5.74, 6) is -2.05. The molecule has 1 aliphatic rings. The van der Waals surface area contributed by atoms with Gasteiger partial charge in [0.25, 0.3) is 5.66 Å². The molecule has 0 spiro atoms. The van der Waals surface area contributed by atoms with E-state index >= 15 is 0 Å². The topological polar surface area (TPSA) is 109 Å².